The van der Waals surface area contributed by atoms with Crippen LogP contribution in [-0.4, -0.2) is 54.3 Å². The molecule has 6 heteroatoms. The number of aliphatic hydroxyl groups is 1. The van der Waals surface area contributed by atoms with Crippen LogP contribution in [0.25, 0.3) is 0 Å². The Labute approximate surface area is 119 Å². The van der Waals surface area contributed by atoms with Crippen LogP contribution in [0.1, 0.15) is 29.4 Å². The van der Waals surface area contributed by atoms with Gasteiger partial charge in [0, 0.05) is 31.5 Å². The van der Waals surface area contributed by atoms with E-state index < -0.39 is 0 Å². The number of carbonyl (C=O) groups is 1. The molecule has 0 spiro atoms. The van der Waals surface area contributed by atoms with Crippen molar-refractivity contribution in [3.05, 3.63) is 23.4 Å². The molecule has 0 aliphatic heterocycles. The van der Waals surface area contributed by atoms with Crippen LogP contribution in [0.2, 0.25) is 0 Å². The Kier molecular flexibility index (Phi) is 6.97. The highest BCUT2D eigenvalue weighted by molar-refractivity contribution is 5.95. The Morgan fingerprint density at radius 2 is 2.20 bits per heavy atom. The van der Waals surface area contributed by atoms with Crippen molar-refractivity contribution < 1.29 is 14.6 Å². The summed E-state index contributed by atoms with van der Waals surface area (Å²) < 4.78 is 4.98. The Morgan fingerprint density at radius 3 is 2.80 bits per heavy atom. The number of hydrogen-bond donors (Lipinski definition) is 2. The van der Waals surface area contributed by atoms with Crippen LogP contribution in [0.15, 0.2) is 12.1 Å². The smallest absolute Gasteiger partial charge is 0.254 e. The van der Waals surface area contributed by atoms with Crippen molar-refractivity contribution in [1.29, 1.82) is 0 Å². The van der Waals surface area contributed by atoms with E-state index in [4.69, 9.17) is 15.6 Å². The number of methoxy groups -OCH3 is 1. The number of carbonyl (C=O) groups excluding carboxylic acids is 1. The minimum atomic E-state index is -0.164. The summed E-state index contributed by atoms with van der Waals surface area (Å²) in [5.74, 6) is 0.178. The summed E-state index contributed by atoms with van der Waals surface area (Å²) in [7, 11) is 1.57. The summed E-state index contributed by atoms with van der Waals surface area (Å²) >= 11 is 0. The monoisotopic (exact) mass is 281 g/mol. The first-order chi connectivity index (χ1) is 9.62. The van der Waals surface area contributed by atoms with E-state index in [2.05, 4.69) is 4.98 Å². The van der Waals surface area contributed by atoms with E-state index in [1.165, 1.54) is 0 Å². The zero-order valence-electron chi connectivity index (χ0n) is 12.1. The van der Waals surface area contributed by atoms with Gasteiger partial charge in [-0.2, -0.15) is 0 Å². The number of nitrogens with two attached hydrogens (primary N) is 1. The number of hydrogen-bond acceptors (Lipinski definition) is 5. The molecule has 0 saturated heterocycles. The Balaban J connectivity index is 2.91. The van der Waals surface area contributed by atoms with E-state index in [1.54, 1.807) is 24.1 Å². The van der Waals surface area contributed by atoms with Crippen LogP contribution >= 0.6 is 0 Å². The quantitative estimate of drug-likeness (QED) is 0.732. The number of ether oxygens (including phenoxy) is 1. The van der Waals surface area contributed by atoms with Crippen LogP contribution in [0.4, 0.5) is 5.82 Å². The molecule has 1 aromatic heterocycles. The number of aliphatic hydroxyl groups excluding tert-OH is 1. The lowest BCUT2D eigenvalue weighted by Crippen LogP contribution is -2.36. The molecule has 20 heavy (non-hydrogen) atoms. The largest absolute Gasteiger partial charge is 0.395 e. The Hall–Kier alpha value is -1.66. The van der Waals surface area contributed by atoms with Gasteiger partial charge < -0.3 is 20.5 Å². The maximum Gasteiger partial charge on any atom is 0.254 e. The fourth-order valence-electron chi connectivity index (χ4n) is 1.94. The highest BCUT2D eigenvalue weighted by Gasteiger charge is 2.16. The van der Waals surface area contributed by atoms with Gasteiger partial charge in [0.2, 0.25) is 0 Å². The van der Waals surface area contributed by atoms with E-state index >= 15 is 0 Å². The summed E-state index contributed by atoms with van der Waals surface area (Å²) in [5.41, 5.74) is 7.06. The molecule has 0 aliphatic rings. The van der Waals surface area contributed by atoms with Crippen molar-refractivity contribution >= 4 is 11.7 Å². The van der Waals surface area contributed by atoms with Gasteiger partial charge in [0.15, 0.2) is 0 Å². The minimum Gasteiger partial charge on any atom is -0.395 e. The molecule has 112 valence electrons. The van der Waals surface area contributed by atoms with Gasteiger partial charge in [-0.3, -0.25) is 4.79 Å². The van der Waals surface area contributed by atoms with Crippen LogP contribution < -0.4 is 5.73 Å². The number of rotatable bonds is 8. The van der Waals surface area contributed by atoms with Crippen LogP contribution in [0, 0.1) is 0 Å². The normalized spacial score (nSPS) is 10.6. The third-order valence-corrected chi connectivity index (χ3v) is 2.87. The van der Waals surface area contributed by atoms with Gasteiger partial charge in [0.05, 0.1) is 13.2 Å². The maximum absolute atomic E-state index is 12.4. The summed E-state index contributed by atoms with van der Waals surface area (Å²) in [4.78, 5) is 18.2. The van der Waals surface area contributed by atoms with Gasteiger partial charge in [-0.05, 0) is 18.6 Å². The third-order valence-electron chi connectivity index (χ3n) is 2.87. The topological polar surface area (TPSA) is 88.7 Å². The van der Waals surface area contributed by atoms with E-state index in [0.29, 0.717) is 24.5 Å². The molecule has 0 bridgehead atoms. The molecule has 0 radical (unpaired) electrons. The molecule has 6 nitrogen and oxygen atoms in total. The third kappa shape index (κ3) is 4.79. The number of aromatic nitrogens is 1. The predicted molar refractivity (Wildman–Crippen MR) is 77.5 cm³/mol. The molecule has 3 N–H and O–H groups in total. The van der Waals surface area contributed by atoms with Gasteiger partial charge in [-0.1, -0.05) is 13.3 Å². The van der Waals surface area contributed by atoms with Gasteiger partial charge in [-0.15, -0.1) is 0 Å². The number of aryl methyl sites for hydroxylation is 1. The highest BCUT2D eigenvalue weighted by atomic mass is 16.5. The number of nitrogen functional groups attached to an aromatic ring is 1. The average Bonchev–Trinajstić information content (AvgIpc) is 2.42. The van der Waals surface area contributed by atoms with Crippen molar-refractivity contribution in [3.63, 3.8) is 0 Å². The molecule has 1 aromatic rings. The number of nitrogens with zero attached hydrogens (tertiary/aromatic N) is 2. The van der Waals surface area contributed by atoms with Crippen LogP contribution in [0.3, 0.4) is 0 Å². The molecule has 0 atom stereocenters. The minimum absolute atomic E-state index is 0.0855. The Morgan fingerprint density at radius 1 is 1.45 bits per heavy atom. The molecule has 0 unspecified atom stereocenters. The second-order valence-corrected chi connectivity index (χ2v) is 4.53. The molecule has 0 aliphatic carbocycles. The Bertz CT molecular complexity index is 438. The first-order valence-corrected chi connectivity index (χ1v) is 6.77. The lowest BCUT2D eigenvalue weighted by atomic mass is 10.1. The van der Waals surface area contributed by atoms with Gasteiger partial charge in [0.1, 0.15) is 5.82 Å². The van der Waals surface area contributed by atoms with E-state index in [0.717, 1.165) is 18.5 Å². The first-order valence-electron chi connectivity index (χ1n) is 6.77. The van der Waals surface area contributed by atoms with Crippen LogP contribution in [-0.2, 0) is 11.2 Å². The molecule has 1 amide bonds. The maximum atomic E-state index is 12.4. The molecule has 1 heterocycles. The fourth-order valence-corrected chi connectivity index (χ4v) is 1.94. The average molecular weight is 281 g/mol. The second-order valence-electron chi connectivity index (χ2n) is 4.53. The van der Waals surface area contributed by atoms with Crippen molar-refractivity contribution in [1.82, 2.24) is 9.88 Å². The second kappa shape index (κ2) is 8.50. The van der Waals surface area contributed by atoms with Crippen molar-refractivity contribution in [2.45, 2.75) is 19.8 Å². The molecule has 0 aromatic carbocycles. The van der Waals surface area contributed by atoms with Crippen molar-refractivity contribution in [3.8, 4) is 0 Å². The van der Waals surface area contributed by atoms with E-state index in [9.17, 15) is 4.79 Å². The lowest BCUT2D eigenvalue weighted by molar-refractivity contribution is 0.0656. The first kappa shape index (κ1) is 16.4. The molecular weight excluding hydrogens is 258 g/mol. The van der Waals surface area contributed by atoms with Gasteiger partial charge >= 0.3 is 0 Å². The number of anilines is 1. The summed E-state index contributed by atoms with van der Waals surface area (Å²) in [6, 6.07) is 3.33. The van der Waals surface area contributed by atoms with Crippen LogP contribution in [0.5, 0.6) is 0 Å². The van der Waals surface area contributed by atoms with E-state index in [1.807, 2.05) is 6.92 Å². The van der Waals surface area contributed by atoms with Crippen molar-refractivity contribution in [2.75, 3.05) is 39.1 Å². The predicted octanol–water partition coefficient (Wildman–Crippen LogP) is 0.697. The summed E-state index contributed by atoms with van der Waals surface area (Å²) in [5, 5.41) is 9.05. The lowest BCUT2D eigenvalue weighted by Gasteiger charge is -2.21. The van der Waals surface area contributed by atoms with Gasteiger partial charge in [-0.25, -0.2) is 4.98 Å². The molecule has 0 fully saturated rings. The molecule has 0 saturated carbocycles. The highest BCUT2D eigenvalue weighted by Crippen LogP contribution is 2.12. The molecular formula is C14H23N3O3. The number of amides is 1. The summed E-state index contributed by atoms with van der Waals surface area (Å²) in [6.07, 6.45) is 1.72. The fraction of sp³-hybridized carbons (Fsp3) is 0.571. The zero-order valence-corrected chi connectivity index (χ0v) is 12.1. The van der Waals surface area contributed by atoms with Gasteiger partial charge in [0.25, 0.3) is 5.91 Å². The van der Waals surface area contributed by atoms with Crippen molar-refractivity contribution in [2.24, 2.45) is 0 Å². The standard InChI is InChI=1S/C14H23N3O3/c1-3-4-12-9-11(10-13(15)16-12)14(19)17(5-7-18)6-8-20-2/h9-10,18H,3-8H2,1-2H3,(H2,15,16). The SMILES string of the molecule is CCCc1cc(C(=O)N(CCO)CCOC)cc(N)n1. The zero-order chi connectivity index (χ0) is 15.0. The number of pyridine rings is 1. The molecule has 1 rings (SSSR count). The summed E-state index contributed by atoms with van der Waals surface area (Å²) in [6.45, 7) is 3.09. The van der Waals surface area contributed by atoms with E-state index in [-0.39, 0.29) is 19.1 Å².